The summed E-state index contributed by atoms with van der Waals surface area (Å²) in [5.41, 5.74) is 2.01. The molecule has 0 fully saturated rings. The highest BCUT2D eigenvalue weighted by Gasteiger charge is 2.41. The number of aryl methyl sites for hydroxylation is 1. The van der Waals surface area contributed by atoms with Gasteiger partial charge in [0, 0.05) is 41.9 Å². The summed E-state index contributed by atoms with van der Waals surface area (Å²) in [5, 5.41) is 22.0. The molecular weight excluding hydrogens is 544 g/mol. The number of ether oxygens (including phenoxy) is 4. The van der Waals surface area contributed by atoms with Gasteiger partial charge in [0.1, 0.15) is 6.61 Å². The first-order valence-electron chi connectivity index (χ1n) is 13.9. The summed E-state index contributed by atoms with van der Waals surface area (Å²) >= 11 is 0. The fourth-order valence-corrected chi connectivity index (χ4v) is 4.77. The highest BCUT2D eigenvalue weighted by atomic mass is 16.6. The maximum atomic E-state index is 13.6. The van der Waals surface area contributed by atoms with Gasteiger partial charge in [-0.25, -0.2) is 9.59 Å². The van der Waals surface area contributed by atoms with E-state index in [-0.39, 0.29) is 54.1 Å². The number of carbonyl (C=O) groups is 2. The molecule has 3 rings (SSSR count). The lowest BCUT2D eigenvalue weighted by Crippen LogP contribution is -2.33. The number of nitrogens with one attached hydrogen (secondary N) is 2. The average molecular weight is 585 g/mol. The Hall–Kier alpha value is -4.19. The summed E-state index contributed by atoms with van der Waals surface area (Å²) < 4.78 is 21.8. The fourth-order valence-electron chi connectivity index (χ4n) is 4.77. The van der Waals surface area contributed by atoms with E-state index >= 15 is 0 Å². The number of nitro benzene ring substituents is 1. The molecule has 228 valence electrons. The molecule has 2 N–H and O–H groups in total. The van der Waals surface area contributed by atoms with E-state index in [1.54, 1.807) is 26.0 Å². The van der Waals surface area contributed by atoms with Crippen LogP contribution in [-0.4, -0.2) is 60.6 Å². The molecule has 1 aliphatic heterocycles. The molecule has 0 spiro atoms. The summed E-state index contributed by atoms with van der Waals surface area (Å²) in [6.45, 7) is 10.1. The van der Waals surface area contributed by atoms with Crippen molar-refractivity contribution in [3.05, 3.63) is 74.2 Å². The van der Waals surface area contributed by atoms with Gasteiger partial charge in [-0.2, -0.15) is 0 Å². The van der Waals surface area contributed by atoms with Crippen molar-refractivity contribution >= 4 is 17.6 Å². The lowest BCUT2D eigenvalue weighted by Gasteiger charge is -2.30. The number of nitro groups is 1. The van der Waals surface area contributed by atoms with Crippen molar-refractivity contribution in [3.8, 4) is 5.88 Å². The van der Waals surface area contributed by atoms with Gasteiger partial charge in [-0.3, -0.25) is 15.2 Å². The summed E-state index contributed by atoms with van der Waals surface area (Å²) in [7, 11) is 1.48. The van der Waals surface area contributed by atoms with Crippen LogP contribution in [0.25, 0.3) is 0 Å². The van der Waals surface area contributed by atoms with Crippen LogP contribution in [0.3, 0.4) is 0 Å². The third-order valence-corrected chi connectivity index (χ3v) is 7.01. The molecule has 1 aromatic carbocycles. The van der Waals surface area contributed by atoms with Crippen LogP contribution < -0.4 is 10.1 Å². The van der Waals surface area contributed by atoms with Gasteiger partial charge in [-0.05, 0) is 45.4 Å². The first-order chi connectivity index (χ1) is 20.0. The molecule has 2 aromatic rings. The molecule has 0 aliphatic carbocycles. The molecule has 1 aromatic heterocycles. The number of hydrogen-bond acceptors (Lipinski definition) is 10. The maximum Gasteiger partial charge on any atom is 0.336 e. The Labute approximate surface area is 245 Å². The average Bonchev–Trinajstić information content (AvgIpc) is 3.38. The third-order valence-electron chi connectivity index (χ3n) is 7.01. The summed E-state index contributed by atoms with van der Waals surface area (Å²) in [6.07, 6.45) is 1.64. The standard InChI is InChI=1S/C30H40N4O8/c1-18(16-41-25-15-20(3)32-33-25)11-12-19(2)17-42-30(36)27-22(5)31-21(4)26(29(35)40-14-13-39-6)28(27)23-9-7-8-10-24(23)34(37)38/h7-10,15,18-19,28,31H,11-14,16-17H2,1-6H3,(H,32,33). The number of benzene rings is 1. The number of nitrogens with zero attached hydrogens (tertiary/aromatic N) is 2. The number of methoxy groups -OCH3 is 1. The molecule has 2 heterocycles. The highest BCUT2D eigenvalue weighted by molar-refractivity contribution is 6.00. The molecule has 12 heteroatoms. The zero-order chi connectivity index (χ0) is 30.8. The molecule has 0 amide bonds. The maximum absolute atomic E-state index is 13.6. The van der Waals surface area contributed by atoms with Crippen molar-refractivity contribution in [2.45, 2.75) is 53.4 Å². The number of hydrogen-bond donors (Lipinski definition) is 2. The second kappa shape index (κ2) is 15.2. The molecule has 0 radical (unpaired) electrons. The first kappa shape index (κ1) is 32.3. The van der Waals surface area contributed by atoms with Crippen LogP contribution in [0, 0.1) is 28.9 Å². The van der Waals surface area contributed by atoms with Gasteiger partial charge in [0.2, 0.25) is 5.88 Å². The highest BCUT2D eigenvalue weighted by Crippen LogP contribution is 2.42. The molecular formula is C30H40N4O8. The zero-order valence-electron chi connectivity index (χ0n) is 25.0. The first-order valence-corrected chi connectivity index (χ1v) is 13.9. The second-order valence-electron chi connectivity index (χ2n) is 10.7. The van der Waals surface area contributed by atoms with Gasteiger partial charge in [0.25, 0.3) is 5.69 Å². The quantitative estimate of drug-likeness (QED) is 0.130. The Kier molecular flexibility index (Phi) is 11.7. The number of H-pyrrole nitrogens is 1. The third kappa shape index (κ3) is 8.41. The van der Waals surface area contributed by atoms with Gasteiger partial charge in [0.15, 0.2) is 0 Å². The van der Waals surface area contributed by atoms with Crippen LogP contribution in [0.15, 0.2) is 52.9 Å². The molecule has 12 nitrogen and oxygen atoms in total. The number of carbonyl (C=O) groups excluding carboxylic acids is 2. The number of rotatable bonds is 15. The number of allylic oxidation sites excluding steroid dienone is 2. The van der Waals surface area contributed by atoms with E-state index in [4.69, 9.17) is 18.9 Å². The largest absolute Gasteiger partial charge is 0.476 e. The molecule has 0 saturated carbocycles. The van der Waals surface area contributed by atoms with E-state index < -0.39 is 22.8 Å². The van der Waals surface area contributed by atoms with Gasteiger partial charge in [-0.1, -0.05) is 32.0 Å². The Morgan fingerprint density at radius 1 is 0.976 bits per heavy atom. The van der Waals surface area contributed by atoms with Crippen LogP contribution in [0.4, 0.5) is 5.69 Å². The Morgan fingerprint density at radius 3 is 2.19 bits per heavy atom. The molecule has 42 heavy (non-hydrogen) atoms. The summed E-state index contributed by atoms with van der Waals surface area (Å²) in [5.74, 6) is -1.56. The van der Waals surface area contributed by atoms with Crippen molar-refractivity contribution in [3.63, 3.8) is 0 Å². The minimum atomic E-state index is -1.06. The Bertz CT molecular complexity index is 1330. The summed E-state index contributed by atoms with van der Waals surface area (Å²) in [6, 6.07) is 7.89. The van der Waals surface area contributed by atoms with Crippen molar-refractivity contribution in [1.82, 2.24) is 15.5 Å². The lowest BCUT2D eigenvalue weighted by atomic mass is 9.79. The fraction of sp³-hybridized carbons (Fsp3) is 0.500. The van der Waals surface area contributed by atoms with E-state index in [1.807, 2.05) is 19.9 Å². The predicted molar refractivity (Wildman–Crippen MR) is 155 cm³/mol. The number of esters is 2. The Morgan fingerprint density at radius 2 is 1.60 bits per heavy atom. The number of aromatic nitrogens is 2. The van der Waals surface area contributed by atoms with Crippen molar-refractivity contribution in [2.24, 2.45) is 11.8 Å². The zero-order valence-corrected chi connectivity index (χ0v) is 25.0. The van der Waals surface area contributed by atoms with E-state index in [1.165, 1.54) is 19.2 Å². The minimum Gasteiger partial charge on any atom is -0.476 e. The monoisotopic (exact) mass is 584 g/mol. The van der Waals surface area contributed by atoms with Crippen molar-refractivity contribution < 1.29 is 33.5 Å². The lowest BCUT2D eigenvalue weighted by molar-refractivity contribution is -0.385. The molecule has 0 saturated heterocycles. The van der Waals surface area contributed by atoms with E-state index in [0.717, 1.165) is 18.5 Å². The van der Waals surface area contributed by atoms with Crippen LogP contribution >= 0.6 is 0 Å². The van der Waals surface area contributed by atoms with Gasteiger partial charge < -0.3 is 24.3 Å². The molecule has 3 atom stereocenters. The van der Waals surface area contributed by atoms with Crippen LogP contribution in [0.2, 0.25) is 0 Å². The molecule has 1 aliphatic rings. The van der Waals surface area contributed by atoms with E-state index in [2.05, 4.69) is 22.4 Å². The topological polar surface area (TPSA) is 155 Å². The smallest absolute Gasteiger partial charge is 0.336 e. The number of para-hydroxylation sites is 1. The minimum absolute atomic E-state index is 0.0134. The SMILES string of the molecule is COCCOC(=O)C1=C(C)NC(C)=C(C(=O)OCC(C)CCC(C)COc2cc(C)[nH]n2)C1c1ccccc1[N+](=O)[O-]. The molecule has 3 unspecified atom stereocenters. The van der Waals surface area contributed by atoms with Gasteiger partial charge in [0.05, 0.1) is 41.8 Å². The van der Waals surface area contributed by atoms with E-state index in [0.29, 0.717) is 23.9 Å². The van der Waals surface area contributed by atoms with Crippen LogP contribution in [0.1, 0.15) is 57.7 Å². The number of aromatic amines is 1. The number of dihydropyridines is 1. The molecule has 0 bridgehead atoms. The Balaban J connectivity index is 1.74. The predicted octanol–water partition coefficient (Wildman–Crippen LogP) is 4.73. The van der Waals surface area contributed by atoms with Crippen molar-refractivity contribution in [2.75, 3.05) is 33.5 Å². The summed E-state index contributed by atoms with van der Waals surface area (Å²) in [4.78, 5) is 38.3. The van der Waals surface area contributed by atoms with Crippen molar-refractivity contribution in [1.29, 1.82) is 0 Å². The van der Waals surface area contributed by atoms with Crippen LogP contribution in [0.5, 0.6) is 5.88 Å². The second-order valence-corrected chi connectivity index (χ2v) is 10.7. The van der Waals surface area contributed by atoms with Crippen LogP contribution in [-0.2, 0) is 23.8 Å². The van der Waals surface area contributed by atoms with Gasteiger partial charge in [-0.15, -0.1) is 5.10 Å². The normalized spacial score (nSPS) is 16.5. The van der Waals surface area contributed by atoms with E-state index in [9.17, 15) is 19.7 Å². The van der Waals surface area contributed by atoms with Gasteiger partial charge >= 0.3 is 11.9 Å².